The highest BCUT2D eigenvalue weighted by atomic mass is 32.2. The Morgan fingerprint density at radius 2 is 2.35 bits per heavy atom. The summed E-state index contributed by atoms with van der Waals surface area (Å²) in [5, 5.41) is 2.82. The lowest BCUT2D eigenvalue weighted by atomic mass is 10.2. The summed E-state index contributed by atoms with van der Waals surface area (Å²) >= 11 is 1.72. The Labute approximate surface area is 124 Å². The van der Waals surface area contributed by atoms with Gasteiger partial charge in [0, 0.05) is 6.54 Å². The van der Waals surface area contributed by atoms with Crippen molar-refractivity contribution in [3.63, 3.8) is 0 Å². The van der Waals surface area contributed by atoms with Gasteiger partial charge in [0.15, 0.2) is 5.69 Å². The molecule has 114 valence electrons. The van der Waals surface area contributed by atoms with E-state index >= 15 is 0 Å². The Bertz CT molecular complexity index is 409. The van der Waals surface area contributed by atoms with Crippen LogP contribution in [0.5, 0.6) is 0 Å². The molecule has 1 aromatic heterocycles. The van der Waals surface area contributed by atoms with Crippen LogP contribution in [0.15, 0.2) is 10.7 Å². The third-order valence-electron chi connectivity index (χ3n) is 2.77. The molecule has 0 aromatic carbocycles. The van der Waals surface area contributed by atoms with Gasteiger partial charge in [-0.25, -0.2) is 4.98 Å². The molecule has 0 radical (unpaired) electrons. The molecule has 0 fully saturated rings. The van der Waals surface area contributed by atoms with Gasteiger partial charge in [-0.2, -0.15) is 11.8 Å². The maximum atomic E-state index is 11.8. The second-order valence-corrected chi connectivity index (χ2v) is 5.86. The molecule has 0 saturated heterocycles. The SMILES string of the molecule is CSCCC(N)c1nc(C(=O)NCCCN(C)C)co1. The normalized spacial score (nSPS) is 12.7. The monoisotopic (exact) mass is 300 g/mol. The summed E-state index contributed by atoms with van der Waals surface area (Å²) in [5.74, 6) is 1.16. The molecule has 20 heavy (non-hydrogen) atoms. The van der Waals surface area contributed by atoms with E-state index in [0.29, 0.717) is 18.1 Å². The minimum absolute atomic E-state index is 0.212. The molecular weight excluding hydrogens is 276 g/mol. The number of nitrogens with one attached hydrogen (secondary N) is 1. The number of thioether (sulfide) groups is 1. The standard InChI is InChI=1S/C13H24N4O2S/c1-17(2)7-4-6-15-12(18)11-9-19-13(16-11)10(14)5-8-20-3/h9-10H,4-8,14H2,1-3H3,(H,15,18). The first kappa shape index (κ1) is 17.0. The zero-order chi connectivity index (χ0) is 15.0. The number of oxazole rings is 1. The molecular formula is C13H24N4O2S. The minimum Gasteiger partial charge on any atom is -0.446 e. The van der Waals surface area contributed by atoms with Crippen molar-refractivity contribution in [1.29, 1.82) is 0 Å². The molecule has 1 unspecified atom stereocenters. The van der Waals surface area contributed by atoms with Crippen LogP contribution < -0.4 is 11.1 Å². The number of nitrogens with zero attached hydrogens (tertiary/aromatic N) is 2. The van der Waals surface area contributed by atoms with Gasteiger partial charge in [-0.3, -0.25) is 4.79 Å². The van der Waals surface area contributed by atoms with Gasteiger partial charge in [0.25, 0.3) is 5.91 Å². The lowest BCUT2D eigenvalue weighted by molar-refractivity contribution is 0.0947. The Hall–Kier alpha value is -1.05. The van der Waals surface area contributed by atoms with Crippen LogP contribution >= 0.6 is 11.8 Å². The molecule has 0 aliphatic rings. The number of hydrogen-bond acceptors (Lipinski definition) is 6. The number of carbonyl (C=O) groups excluding carboxylic acids is 1. The minimum atomic E-state index is -0.252. The fourth-order valence-electron chi connectivity index (χ4n) is 1.62. The van der Waals surface area contributed by atoms with E-state index in [2.05, 4.69) is 15.2 Å². The molecule has 0 saturated carbocycles. The summed E-state index contributed by atoms with van der Waals surface area (Å²) in [4.78, 5) is 18.1. The van der Waals surface area contributed by atoms with Crippen LogP contribution in [0.2, 0.25) is 0 Å². The number of nitrogens with two attached hydrogens (primary N) is 1. The Morgan fingerprint density at radius 3 is 3.00 bits per heavy atom. The van der Waals surface area contributed by atoms with E-state index in [1.807, 2.05) is 20.4 Å². The molecule has 3 N–H and O–H groups in total. The van der Waals surface area contributed by atoms with Crippen LogP contribution in [0.1, 0.15) is 35.3 Å². The quantitative estimate of drug-likeness (QED) is 0.665. The summed E-state index contributed by atoms with van der Waals surface area (Å²) in [7, 11) is 4.00. The van der Waals surface area contributed by atoms with Crippen molar-refractivity contribution >= 4 is 17.7 Å². The second kappa shape index (κ2) is 8.99. The maximum Gasteiger partial charge on any atom is 0.273 e. The lowest BCUT2D eigenvalue weighted by Crippen LogP contribution is -2.27. The van der Waals surface area contributed by atoms with Crippen LogP contribution in [-0.4, -0.2) is 55.0 Å². The summed E-state index contributed by atoms with van der Waals surface area (Å²) in [6.45, 7) is 1.56. The topological polar surface area (TPSA) is 84.4 Å². The van der Waals surface area contributed by atoms with E-state index in [-0.39, 0.29) is 11.9 Å². The van der Waals surface area contributed by atoms with Gasteiger partial charge >= 0.3 is 0 Å². The van der Waals surface area contributed by atoms with E-state index in [1.165, 1.54) is 6.26 Å². The molecule has 1 aromatic rings. The zero-order valence-electron chi connectivity index (χ0n) is 12.4. The molecule has 0 aliphatic carbocycles. The van der Waals surface area contributed by atoms with Crippen LogP contribution in [-0.2, 0) is 0 Å². The van der Waals surface area contributed by atoms with Crippen LogP contribution in [0.4, 0.5) is 0 Å². The average Bonchev–Trinajstić information content (AvgIpc) is 2.90. The van der Waals surface area contributed by atoms with E-state index in [1.54, 1.807) is 11.8 Å². The van der Waals surface area contributed by atoms with Crippen molar-refractivity contribution in [2.75, 3.05) is 39.2 Å². The molecule has 1 amide bonds. The van der Waals surface area contributed by atoms with Gasteiger partial charge < -0.3 is 20.4 Å². The Morgan fingerprint density at radius 1 is 1.60 bits per heavy atom. The van der Waals surface area contributed by atoms with Crippen molar-refractivity contribution in [2.24, 2.45) is 5.73 Å². The Balaban J connectivity index is 2.39. The predicted molar refractivity (Wildman–Crippen MR) is 81.9 cm³/mol. The number of hydrogen-bond donors (Lipinski definition) is 2. The molecule has 0 aliphatic heterocycles. The molecule has 6 nitrogen and oxygen atoms in total. The summed E-state index contributed by atoms with van der Waals surface area (Å²) in [6.07, 6.45) is 5.08. The average molecular weight is 300 g/mol. The highest BCUT2D eigenvalue weighted by Gasteiger charge is 2.16. The first-order chi connectivity index (χ1) is 9.54. The van der Waals surface area contributed by atoms with E-state index < -0.39 is 0 Å². The summed E-state index contributed by atoms with van der Waals surface area (Å²) in [6, 6.07) is -0.252. The Kier molecular flexibility index (Phi) is 7.64. The highest BCUT2D eigenvalue weighted by molar-refractivity contribution is 7.98. The molecule has 1 rings (SSSR count). The summed E-state index contributed by atoms with van der Waals surface area (Å²) in [5.41, 5.74) is 6.24. The van der Waals surface area contributed by atoms with Crippen LogP contribution in [0.25, 0.3) is 0 Å². The van der Waals surface area contributed by atoms with Crippen molar-refractivity contribution in [3.05, 3.63) is 17.8 Å². The van der Waals surface area contributed by atoms with Crippen LogP contribution in [0.3, 0.4) is 0 Å². The fourth-order valence-corrected chi connectivity index (χ4v) is 2.11. The number of rotatable bonds is 9. The van der Waals surface area contributed by atoms with Gasteiger partial charge in [0.2, 0.25) is 5.89 Å². The third-order valence-corrected chi connectivity index (χ3v) is 3.42. The largest absolute Gasteiger partial charge is 0.446 e. The second-order valence-electron chi connectivity index (χ2n) is 4.87. The summed E-state index contributed by atoms with van der Waals surface area (Å²) < 4.78 is 5.27. The zero-order valence-corrected chi connectivity index (χ0v) is 13.2. The van der Waals surface area contributed by atoms with Crippen LogP contribution in [0, 0.1) is 0 Å². The number of carbonyl (C=O) groups is 1. The predicted octanol–water partition coefficient (Wildman–Crippen LogP) is 1.11. The highest BCUT2D eigenvalue weighted by Crippen LogP contribution is 2.15. The fraction of sp³-hybridized carbons (Fsp3) is 0.692. The maximum absolute atomic E-state index is 11.8. The lowest BCUT2D eigenvalue weighted by Gasteiger charge is -2.09. The van der Waals surface area contributed by atoms with Gasteiger partial charge in [-0.1, -0.05) is 0 Å². The van der Waals surface area contributed by atoms with E-state index in [0.717, 1.165) is 25.1 Å². The number of amides is 1. The van der Waals surface area contributed by atoms with Crippen molar-refractivity contribution in [1.82, 2.24) is 15.2 Å². The van der Waals surface area contributed by atoms with E-state index in [9.17, 15) is 4.79 Å². The van der Waals surface area contributed by atoms with Crippen molar-refractivity contribution < 1.29 is 9.21 Å². The van der Waals surface area contributed by atoms with Gasteiger partial charge in [-0.15, -0.1) is 0 Å². The van der Waals surface area contributed by atoms with Gasteiger partial charge in [0.05, 0.1) is 6.04 Å². The van der Waals surface area contributed by atoms with Gasteiger partial charge in [-0.05, 0) is 45.5 Å². The molecule has 0 bridgehead atoms. The first-order valence-corrected chi connectivity index (χ1v) is 8.07. The third kappa shape index (κ3) is 5.94. The molecule has 1 heterocycles. The van der Waals surface area contributed by atoms with Crippen molar-refractivity contribution in [2.45, 2.75) is 18.9 Å². The van der Waals surface area contributed by atoms with E-state index in [4.69, 9.17) is 10.2 Å². The van der Waals surface area contributed by atoms with Crippen molar-refractivity contribution in [3.8, 4) is 0 Å². The molecule has 0 spiro atoms. The first-order valence-electron chi connectivity index (χ1n) is 6.67. The molecule has 7 heteroatoms. The molecule has 1 atom stereocenters. The smallest absolute Gasteiger partial charge is 0.273 e. The number of aromatic nitrogens is 1. The van der Waals surface area contributed by atoms with Gasteiger partial charge in [0.1, 0.15) is 6.26 Å².